The molecule has 1 heterocycles. The van der Waals surface area contributed by atoms with Crippen LogP contribution >= 0.6 is 0 Å². The number of carbonyl (C=O) groups is 1. The third kappa shape index (κ3) is 2.40. The summed E-state index contributed by atoms with van der Waals surface area (Å²) >= 11 is 0. The van der Waals surface area contributed by atoms with Gasteiger partial charge in [-0.1, -0.05) is 13.8 Å². The van der Waals surface area contributed by atoms with E-state index in [2.05, 4.69) is 13.8 Å². The fraction of sp³-hybridized carbons (Fsp3) is 0.400. The van der Waals surface area contributed by atoms with Crippen molar-refractivity contribution in [3.63, 3.8) is 0 Å². The van der Waals surface area contributed by atoms with E-state index in [0.717, 1.165) is 29.6 Å². The quantitative estimate of drug-likeness (QED) is 0.886. The molecule has 0 aliphatic carbocycles. The van der Waals surface area contributed by atoms with Crippen molar-refractivity contribution in [2.24, 2.45) is 5.92 Å². The summed E-state index contributed by atoms with van der Waals surface area (Å²) < 4.78 is 5.78. The van der Waals surface area contributed by atoms with E-state index in [1.165, 1.54) is 0 Å². The predicted octanol–water partition coefficient (Wildman–Crippen LogP) is 4.03. The van der Waals surface area contributed by atoms with E-state index in [4.69, 9.17) is 9.52 Å². The molecule has 0 radical (unpaired) electrons. The molecule has 0 amide bonds. The highest BCUT2D eigenvalue weighted by Crippen LogP contribution is 2.27. The normalized spacial score (nSPS) is 11.3. The Kier molecular flexibility index (Phi) is 3.41. The molecule has 0 aliphatic rings. The van der Waals surface area contributed by atoms with Crippen molar-refractivity contribution >= 4 is 16.9 Å². The van der Waals surface area contributed by atoms with Crippen LogP contribution in [0.1, 0.15) is 41.9 Å². The molecule has 18 heavy (non-hydrogen) atoms. The van der Waals surface area contributed by atoms with E-state index < -0.39 is 5.97 Å². The van der Waals surface area contributed by atoms with Crippen LogP contribution < -0.4 is 0 Å². The Balaban J connectivity index is 2.39. The average Bonchev–Trinajstić information content (AvgIpc) is 2.63. The maximum Gasteiger partial charge on any atom is 0.335 e. The van der Waals surface area contributed by atoms with Gasteiger partial charge in [0.05, 0.1) is 5.56 Å². The summed E-state index contributed by atoms with van der Waals surface area (Å²) in [5.74, 6) is 0.683. The first-order valence-corrected chi connectivity index (χ1v) is 6.24. The summed E-state index contributed by atoms with van der Waals surface area (Å²) in [6, 6.07) is 5.06. The average molecular weight is 246 g/mol. The van der Waals surface area contributed by atoms with E-state index in [1.807, 2.05) is 13.0 Å². The molecule has 0 aliphatic heterocycles. The molecule has 0 saturated heterocycles. The van der Waals surface area contributed by atoms with Gasteiger partial charge in [0.2, 0.25) is 0 Å². The van der Waals surface area contributed by atoms with Gasteiger partial charge in [-0.15, -0.1) is 0 Å². The van der Waals surface area contributed by atoms with Crippen LogP contribution in [0.2, 0.25) is 0 Å². The van der Waals surface area contributed by atoms with Crippen LogP contribution in [0.4, 0.5) is 0 Å². The molecule has 0 fully saturated rings. The Morgan fingerprint density at radius 1 is 1.39 bits per heavy atom. The minimum Gasteiger partial charge on any atom is -0.478 e. The lowest BCUT2D eigenvalue weighted by atomic mass is 10.0. The number of aromatic carboxylic acids is 1. The van der Waals surface area contributed by atoms with Gasteiger partial charge in [0.25, 0.3) is 0 Å². The Morgan fingerprint density at radius 3 is 2.72 bits per heavy atom. The zero-order chi connectivity index (χ0) is 13.3. The van der Waals surface area contributed by atoms with Gasteiger partial charge in [0.15, 0.2) is 0 Å². The molecule has 2 aromatic rings. The molecule has 0 spiro atoms. The first kappa shape index (κ1) is 12.7. The van der Waals surface area contributed by atoms with E-state index in [9.17, 15) is 4.79 Å². The highest BCUT2D eigenvalue weighted by molar-refractivity contribution is 5.93. The molecule has 0 bridgehead atoms. The molecule has 96 valence electrons. The molecule has 2 rings (SSSR count). The first-order chi connectivity index (χ1) is 8.49. The highest BCUT2D eigenvalue weighted by atomic mass is 16.4. The van der Waals surface area contributed by atoms with Crippen molar-refractivity contribution in [3.8, 4) is 0 Å². The number of hydrogen-bond donors (Lipinski definition) is 1. The van der Waals surface area contributed by atoms with Crippen LogP contribution in [0.15, 0.2) is 22.6 Å². The van der Waals surface area contributed by atoms with Crippen LogP contribution in [0.25, 0.3) is 11.0 Å². The standard InChI is InChI=1S/C15H18O3/c1-9(2)4-7-13-10(3)12-6-5-11(15(16)17)8-14(12)18-13/h5-6,8-9H,4,7H2,1-3H3,(H,16,17). The second-order valence-electron chi connectivity index (χ2n) is 5.10. The molecule has 0 unspecified atom stereocenters. The number of aryl methyl sites for hydroxylation is 2. The van der Waals surface area contributed by atoms with Crippen molar-refractivity contribution < 1.29 is 14.3 Å². The van der Waals surface area contributed by atoms with Crippen molar-refractivity contribution in [2.75, 3.05) is 0 Å². The summed E-state index contributed by atoms with van der Waals surface area (Å²) in [5, 5.41) is 9.97. The topological polar surface area (TPSA) is 50.4 Å². The van der Waals surface area contributed by atoms with Gasteiger partial charge in [-0.05, 0) is 43.0 Å². The number of carboxylic acid groups (broad SMARTS) is 1. The van der Waals surface area contributed by atoms with Gasteiger partial charge in [-0.3, -0.25) is 0 Å². The molecule has 3 heteroatoms. The lowest BCUT2D eigenvalue weighted by Gasteiger charge is -2.02. The Bertz CT molecular complexity index is 579. The lowest BCUT2D eigenvalue weighted by Crippen LogP contribution is -1.94. The second kappa shape index (κ2) is 4.84. The fourth-order valence-corrected chi connectivity index (χ4v) is 2.07. The van der Waals surface area contributed by atoms with E-state index >= 15 is 0 Å². The van der Waals surface area contributed by atoms with Gasteiger partial charge in [0, 0.05) is 11.8 Å². The summed E-state index contributed by atoms with van der Waals surface area (Å²) in [4.78, 5) is 10.9. The SMILES string of the molecule is Cc1c(CCC(C)C)oc2cc(C(=O)O)ccc12. The maximum atomic E-state index is 10.9. The molecular formula is C15H18O3. The number of fused-ring (bicyclic) bond motifs is 1. The Labute approximate surface area is 106 Å². The van der Waals surface area contributed by atoms with Gasteiger partial charge < -0.3 is 9.52 Å². The van der Waals surface area contributed by atoms with Gasteiger partial charge in [0.1, 0.15) is 11.3 Å². The van der Waals surface area contributed by atoms with Crippen LogP contribution in [0.3, 0.4) is 0 Å². The van der Waals surface area contributed by atoms with Crippen LogP contribution in [-0.2, 0) is 6.42 Å². The lowest BCUT2D eigenvalue weighted by molar-refractivity contribution is 0.0697. The molecular weight excluding hydrogens is 228 g/mol. The van der Waals surface area contributed by atoms with E-state index in [-0.39, 0.29) is 5.56 Å². The number of rotatable bonds is 4. The Hall–Kier alpha value is -1.77. The largest absolute Gasteiger partial charge is 0.478 e. The Morgan fingerprint density at radius 2 is 2.11 bits per heavy atom. The van der Waals surface area contributed by atoms with Crippen molar-refractivity contribution in [3.05, 3.63) is 35.1 Å². The zero-order valence-corrected chi connectivity index (χ0v) is 11.0. The second-order valence-corrected chi connectivity index (χ2v) is 5.10. The zero-order valence-electron chi connectivity index (χ0n) is 11.0. The van der Waals surface area contributed by atoms with Gasteiger partial charge in [-0.2, -0.15) is 0 Å². The van der Waals surface area contributed by atoms with E-state index in [1.54, 1.807) is 12.1 Å². The number of hydrogen-bond acceptors (Lipinski definition) is 2. The van der Waals surface area contributed by atoms with Crippen molar-refractivity contribution in [1.82, 2.24) is 0 Å². The molecule has 0 saturated carbocycles. The molecule has 1 aromatic heterocycles. The minimum absolute atomic E-state index is 0.270. The summed E-state index contributed by atoms with van der Waals surface area (Å²) in [6.07, 6.45) is 1.98. The number of benzene rings is 1. The minimum atomic E-state index is -0.922. The summed E-state index contributed by atoms with van der Waals surface area (Å²) in [6.45, 7) is 6.39. The molecule has 0 atom stereocenters. The fourth-order valence-electron chi connectivity index (χ4n) is 2.07. The highest BCUT2D eigenvalue weighted by Gasteiger charge is 2.13. The van der Waals surface area contributed by atoms with Crippen molar-refractivity contribution in [2.45, 2.75) is 33.6 Å². The van der Waals surface area contributed by atoms with Crippen LogP contribution in [0.5, 0.6) is 0 Å². The predicted molar refractivity (Wildman–Crippen MR) is 71.1 cm³/mol. The first-order valence-electron chi connectivity index (χ1n) is 6.24. The number of carboxylic acids is 1. The molecule has 1 N–H and O–H groups in total. The molecule has 1 aromatic carbocycles. The molecule has 3 nitrogen and oxygen atoms in total. The monoisotopic (exact) mass is 246 g/mol. The smallest absolute Gasteiger partial charge is 0.335 e. The number of furan rings is 1. The van der Waals surface area contributed by atoms with Crippen LogP contribution in [0, 0.1) is 12.8 Å². The third-order valence-electron chi connectivity index (χ3n) is 3.23. The van der Waals surface area contributed by atoms with Crippen LogP contribution in [-0.4, -0.2) is 11.1 Å². The van der Waals surface area contributed by atoms with Gasteiger partial charge >= 0.3 is 5.97 Å². The van der Waals surface area contributed by atoms with Crippen molar-refractivity contribution in [1.29, 1.82) is 0 Å². The summed E-state index contributed by atoms with van der Waals surface area (Å²) in [7, 11) is 0. The summed E-state index contributed by atoms with van der Waals surface area (Å²) in [5.41, 5.74) is 2.07. The maximum absolute atomic E-state index is 10.9. The van der Waals surface area contributed by atoms with Gasteiger partial charge in [-0.25, -0.2) is 4.79 Å². The third-order valence-corrected chi connectivity index (χ3v) is 3.23. The van der Waals surface area contributed by atoms with E-state index in [0.29, 0.717) is 11.5 Å².